The first-order valence-electron chi connectivity index (χ1n) is 9.70. The van der Waals surface area contributed by atoms with Crippen LogP contribution in [0.15, 0.2) is 23.3 Å². The Morgan fingerprint density at radius 1 is 1.34 bits per heavy atom. The smallest absolute Gasteiger partial charge is 0.422 e. The van der Waals surface area contributed by atoms with Gasteiger partial charge in [0, 0.05) is 45.0 Å². The quantitative estimate of drug-likeness (QED) is 0.234. The second-order valence-electron chi connectivity index (χ2n) is 6.99. The molecule has 29 heavy (non-hydrogen) atoms. The van der Waals surface area contributed by atoms with E-state index in [0.29, 0.717) is 18.5 Å². The number of guanidine groups is 1. The number of nitrogens with one attached hydrogen (secondary N) is 2. The number of piperidine rings is 1. The summed E-state index contributed by atoms with van der Waals surface area (Å²) >= 11 is 0. The zero-order valence-electron chi connectivity index (χ0n) is 17.0. The third-order valence-corrected chi connectivity index (χ3v) is 4.72. The summed E-state index contributed by atoms with van der Waals surface area (Å²) in [7, 11) is 1.69. The highest BCUT2D eigenvalue weighted by molar-refractivity contribution is 14.0. The Balaban J connectivity index is 0.00000420. The Labute approximate surface area is 187 Å². The number of aliphatic imine (C=N–C) groups is 1. The maximum Gasteiger partial charge on any atom is 0.422 e. The number of likely N-dealkylation sites (tertiary alicyclic amines) is 1. The highest BCUT2D eigenvalue weighted by atomic mass is 127. The Morgan fingerprint density at radius 2 is 2.14 bits per heavy atom. The van der Waals surface area contributed by atoms with Crippen molar-refractivity contribution in [2.24, 2.45) is 4.99 Å². The molecule has 166 valence electrons. The summed E-state index contributed by atoms with van der Waals surface area (Å²) in [5.41, 5.74) is 0.761. The Hall–Kier alpha value is -1.30. The zero-order valence-corrected chi connectivity index (χ0v) is 19.3. The molecule has 0 aliphatic carbocycles. The van der Waals surface area contributed by atoms with Crippen LogP contribution in [0.1, 0.15) is 38.2 Å². The Kier molecular flexibility index (Phi) is 11.6. The van der Waals surface area contributed by atoms with E-state index in [2.05, 4.69) is 37.2 Å². The molecule has 2 N–H and O–H groups in total. The van der Waals surface area contributed by atoms with Crippen LogP contribution in [0.4, 0.5) is 13.2 Å². The lowest BCUT2D eigenvalue weighted by Gasteiger charge is -2.33. The number of nitrogens with zero attached hydrogens (tertiary/aromatic N) is 3. The predicted octanol–water partition coefficient (Wildman–Crippen LogP) is 3.57. The minimum absolute atomic E-state index is 0. The summed E-state index contributed by atoms with van der Waals surface area (Å²) in [4.78, 5) is 10.5. The van der Waals surface area contributed by atoms with Crippen LogP contribution in [0.5, 0.6) is 5.88 Å². The van der Waals surface area contributed by atoms with E-state index in [0.717, 1.165) is 25.1 Å². The molecule has 2 heterocycles. The Morgan fingerprint density at radius 3 is 2.83 bits per heavy atom. The maximum atomic E-state index is 12.2. The molecule has 0 amide bonds. The molecule has 2 rings (SSSR count). The normalized spacial score (nSPS) is 18.1. The minimum atomic E-state index is -4.38. The van der Waals surface area contributed by atoms with Crippen molar-refractivity contribution in [3.8, 4) is 5.88 Å². The van der Waals surface area contributed by atoms with E-state index in [1.165, 1.54) is 38.1 Å². The van der Waals surface area contributed by atoms with Crippen LogP contribution in [0.2, 0.25) is 0 Å². The SMILES string of the molecule is CN=C(NCCCN1CCCCC1C)NCc1ccnc(OCC(F)(F)F)c1.I. The monoisotopic (exact) mass is 529 g/mol. The van der Waals surface area contributed by atoms with Crippen LogP contribution >= 0.6 is 24.0 Å². The lowest BCUT2D eigenvalue weighted by Crippen LogP contribution is -2.41. The van der Waals surface area contributed by atoms with Gasteiger partial charge in [0.25, 0.3) is 0 Å². The highest BCUT2D eigenvalue weighted by Crippen LogP contribution is 2.18. The van der Waals surface area contributed by atoms with Gasteiger partial charge in [-0.2, -0.15) is 13.2 Å². The standard InChI is InChI=1S/C19H30F3N5O.HI/c1-15-6-3-4-10-27(15)11-5-8-25-18(23-2)26-13-16-7-9-24-17(12-16)28-14-19(20,21)22;/h7,9,12,15H,3-6,8,10-11,13-14H2,1-2H3,(H2,23,25,26);1H. The van der Waals surface area contributed by atoms with E-state index in [4.69, 9.17) is 0 Å². The molecule has 1 aromatic heterocycles. The van der Waals surface area contributed by atoms with E-state index in [9.17, 15) is 13.2 Å². The van der Waals surface area contributed by atoms with Gasteiger partial charge in [0.1, 0.15) is 0 Å². The molecule has 0 aromatic carbocycles. The molecule has 1 unspecified atom stereocenters. The number of pyridine rings is 1. The molecule has 0 bridgehead atoms. The number of hydrogen-bond donors (Lipinski definition) is 2. The second kappa shape index (κ2) is 13.1. The summed E-state index contributed by atoms with van der Waals surface area (Å²) in [5, 5.41) is 6.42. The van der Waals surface area contributed by atoms with Crippen molar-refractivity contribution in [1.82, 2.24) is 20.5 Å². The largest absolute Gasteiger partial charge is 0.468 e. The van der Waals surface area contributed by atoms with Crippen LogP contribution in [-0.4, -0.2) is 61.4 Å². The number of rotatable bonds is 8. The lowest BCUT2D eigenvalue weighted by atomic mass is 10.0. The van der Waals surface area contributed by atoms with Crippen molar-refractivity contribution in [3.05, 3.63) is 23.9 Å². The summed E-state index contributed by atoms with van der Waals surface area (Å²) < 4.78 is 41.4. The Bertz CT molecular complexity index is 630. The third kappa shape index (κ3) is 10.3. The average molecular weight is 529 g/mol. The van der Waals surface area contributed by atoms with E-state index in [-0.39, 0.29) is 29.9 Å². The fourth-order valence-corrected chi connectivity index (χ4v) is 3.18. The summed E-state index contributed by atoms with van der Waals surface area (Å²) in [6.45, 7) is 4.39. The van der Waals surface area contributed by atoms with Crippen molar-refractivity contribution >= 4 is 29.9 Å². The minimum Gasteiger partial charge on any atom is -0.468 e. The number of hydrogen-bond acceptors (Lipinski definition) is 4. The van der Waals surface area contributed by atoms with Gasteiger partial charge >= 0.3 is 6.18 Å². The predicted molar refractivity (Wildman–Crippen MR) is 119 cm³/mol. The van der Waals surface area contributed by atoms with Crippen LogP contribution in [0, 0.1) is 0 Å². The molecule has 0 spiro atoms. The van der Waals surface area contributed by atoms with Crippen molar-refractivity contribution in [3.63, 3.8) is 0 Å². The van der Waals surface area contributed by atoms with Crippen LogP contribution < -0.4 is 15.4 Å². The first kappa shape index (κ1) is 25.7. The fourth-order valence-electron chi connectivity index (χ4n) is 3.18. The third-order valence-electron chi connectivity index (χ3n) is 4.72. The van der Waals surface area contributed by atoms with Crippen LogP contribution in [-0.2, 0) is 6.54 Å². The zero-order chi connectivity index (χ0) is 20.4. The molecule has 1 aliphatic heterocycles. The molecule has 1 fully saturated rings. The van der Waals surface area contributed by atoms with Crippen LogP contribution in [0.25, 0.3) is 0 Å². The van der Waals surface area contributed by atoms with Gasteiger partial charge in [-0.05, 0) is 44.4 Å². The number of ether oxygens (including phenoxy) is 1. The fraction of sp³-hybridized carbons (Fsp3) is 0.684. The first-order chi connectivity index (χ1) is 13.4. The number of halogens is 4. The lowest BCUT2D eigenvalue weighted by molar-refractivity contribution is -0.154. The van der Waals surface area contributed by atoms with Crippen LogP contribution in [0.3, 0.4) is 0 Å². The summed E-state index contributed by atoms with van der Waals surface area (Å²) in [6.07, 6.45) is 1.95. The van der Waals surface area contributed by atoms with Crippen molar-refractivity contribution in [1.29, 1.82) is 0 Å². The number of aromatic nitrogens is 1. The molecule has 1 saturated heterocycles. The van der Waals surface area contributed by atoms with E-state index in [1.807, 2.05) is 0 Å². The summed E-state index contributed by atoms with van der Waals surface area (Å²) in [5.74, 6) is 0.608. The topological polar surface area (TPSA) is 61.8 Å². The molecule has 1 atom stereocenters. The van der Waals surface area contributed by atoms with E-state index in [1.54, 1.807) is 13.1 Å². The second-order valence-corrected chi connectivity index (χ2v) is 6.99. The first-order valence-corrected chi connectivity index (χ1v) is 9.70. The van der Waals surface area contributed by atoms with Gasteiger partial charge in [-0.15, -0.1) is 24.0 Å². The molecule has 0 radical (unpaired) electrons. The van der Waals surface area contributed by atoms with Gasteiger partial charge in [0.05, 0.1) is 0 Å². The van der Waals surface area contributed by atoms with E-state index >= 15 is 0 Å². The number of alkyl halides is 3. The molecule has 6 nitrogen and oxygen atoms in total. The average Bonchev–Trinajstić information content (AvgIpc) is 2.67. The van der Waals surface area contributed by atoms with Gasteiger partial charge in [-0.25, -0.2) is 4.98 Å². The van der Waals surface area contributed by atoms with Gasteiger partial charge in [-0.3, -0.25) is 4.99 Å². The summed E-state index contributed by atoms with van der Waals surface area (Å²) in [6, 6.07) is 3.87. The molecule has 1 aromatic rings. The van der Waals surface area contributed by atoms with Crippen molar-refractivity contribution in [2.75, 3.05) is 33.3 Å². The van der Waals surface area contributed by atoms with Gasteiger partial charge < -0.3 is 20.3 Å². The molecule has 1 aliphatic rings. The van der Waals surface area contributed by atoms with Crippen molar-refractivity contribution < 1.29 is 17.9 Å². The molecule has 10 heteroatoms. The maximum absolute atomic E-state index is 12.2. The van der Waals surface area contributed by atoms with E-state index < -0.39 is 12.8 Å². The van der Waals surface area contributed by atoms with Crippen molar-refractivity contribution in [2.45, 2.75) is 51.4 Å². The van der Waals surface area contributed by atoms with Gasteiger partial charge in [-0.1, -0.05) is 6.42 Å². The van der Waals surface area contributed by atoms with Gasteiger partial charge in [0.15, 0.2) is 12.6 Å². The highest BCUT2D eigenvalue weighted by Gasteiger charge is 2.28. The molecule has 0 saturated carbocycles. The molecular weight excluding hydrogens is 498 g/mol. The van der Waals surface area contributed by atoms with Gasteiger partial charge in [0.2, 0.25) is 5.88 Å². The molecular formula is C19H31F3IN5O.